The lowest BCUT2D eigenvalue weighted by Gasteiger charge is -2.15. The van der Waals surface area contributed by atoms with Gasteiger partial charge < -0.3 is 4.74 Å². The van der Waals surface area contributed by atoms with Crippen molar-refractivity contribution < 1.29 is 9.53 Å². The first kappa shape index (κ1) is 10.9. The molecule has 1 aliphatic rings. The molecule has 0 heterocycles. The Morgan fingerprint density at radius 2 is 2.00 bits per heavy atom. The maximum absolute atomic E-state index is 10.4. The van der Waals surface area contributed by atoms with E-state index in [4.69, 9.17) is 4.74 Å². The summed E-state index contributed by atoms with van der Waals surface area (Å²) < 4.78 is 5.27. The molecule has 84 valence electrons. The highest BCUT2D eigenvalue weighted by molar-refractivity contribution is 5.49. The van der Waals surface area contributed by atoms with Crippen LogP contribution in [0.4, 0.5) is 0 Å². The van der Waals surface area contributed by atoms with Crippen molar-refractivity contribution in [3.05, 3.63) is 28.8 Å². The third-order valence-corrected chi connectivity index (χ3v) is 3.23. The molecule has 3 heteroatoms. The molecule has 2 rings (SSSR count). The zero-order valence-corrected chi connectivity index (χ0v) is 9.83. The number of carbonyl (C=O) groups excluding carboxylic acids is 1. The molecular formula is C13H15NO2. The summed E-state index contributed by atoms with van der Waals surface area (Å²) in [6.45, 7) is 4.03. The van der Waals surface area contributed by atoms with Gasteiger partial charge in [0.15, 0.2) is 0 Å². The van der Waals surface area contributed by atoms with Crippen molar-refractivity contribution in [1.29, 1.82) is 0 Å². The van der Waals surface area contributed by atoms with Gasteiger partial charge in [0.25, 0.3) is 0 Å². The van der Waals surface area contributed by atoms with E-state index in [-0.39, 0.29) is 5.54 Å². The lowest BCUT2D eigenvalue weighted by molar-refractivity contribution is 0.411. The molecular weight excluding hydrogens is 202 g/mol. The summed E-state index contributed by atoms with van der Waals surface area (Å²) in [5, 5.41) is 0. The number of hydrogen-bond acceptors (Lipinski definition) is 3. The average Bonchev–Trinajstić information content (AvgIpc) is 3.02. The van der Waals surface area contributed by atoms with Gasteiger partial charge in [-0.25, -0.2) is 4.79 Å². The smallest absolute Gasteiger partial charge is 0.235 e. The summed E-state index contributed by atoms with van der Waals surface area (Å²) in [5.41, 5.74) is 3.05. The van der Waals surface area contributed by atoms with Crippen LogP contribution in [-0.2, 0) is 10.3 Å². The van der Waals surface area contributed by atoms with Crippen molar-refractivity contribution in [2.75, 3.05) is 7.11 Å². The minimum Gasteiger partial charge on any atom is -0.496 e. The minimum absolute atomic E-state index is 0.289. The van der Waals surface area contributed by atoms with Crippen molar-refractivity contribution in [2.24, 2.45) is 4.99 Å². The van der Waals surface area contributed by atoms with E-state index >= 15 is 0 Å². The van der Waals surface area contributed by atoms with Crippen molar-refractivity contribution in [1.82, 2.24) is 0 Å². The van der Waals surface area contributed by atoms with Crippen LogP contribution in [0.2, 0.25) is 0 Å². The minimum atomic E-state index is -0.289. The van der Waals surface area contributed by atoms with E-state index in [1.165, 1.54) is 0 Å². The topological polar surface area (TPSA) is 38.7 Å². The highest BCUT2D eigenvalue weighted by Crippen LogP contribution is 2.51. The molecule has 0 saturated heterocycles. The van der Waals surface area contributed by atoms with Crippen molar-refractivity contribution in [3.63, 3.8) is 0 Å². The molecule has 0 unspecified atom stereocenters. The molecule has 1 saturated carbocycles. The summed E-state index contributed by atoms with van der Waals surface area (Å²) in [5.74, 6) is 0.882. The zero-order chi connectivity index (χ0) is 11.8. The Labute approximate surface area is 95.2 Å². The van der Waals surface area contributed by atoms with Gasteiger partial charge in [0.05, 0.1) is 12.6 Å². The summed E-state index contributed by atoms with van der Waals surface area (Å²) in [6, 6.07) is 4.08. The Kier molecular flexibility index (Phi) is 2.56. The first-order valence-electron chi connectivity index (χ1n) is 5.38. The Morgan fingerprint density at radius 3 is 2.50 bits per heavy atom. The van der Waals surface area contributed by atoms with Crippen LogP contribution in [-0.4, -0.2) is 13.2 Å². The Hall–Kier alpha value is -1.60. The van der Waals surface area contributed by atoms with Crippen molar-refractivity contribution in [3.8, 4) is 5.75 Å². The van der Waals surface area contributed by atoms with E-state index in [0.717, 1.165) is 35.3 Å². The largest absolute Gasteiger partial charge is 0.496 e. The number of benzene rings is 1. The third-order valence-electron chi connectivity index (χ3n) is 3.23. The van der Waals surface area contributed by atoms with Gasteiger partial charge in [0.2, 0.25) is 6.08 Å². The normalized spacial score (nSPS) is 16.4. The molecule has 0 aromatic heterocycles. The molecule has 1 aliphatic carbocycles. The second kappa shape index (κ2) is 3.76. The van der Waals surface area contributed by atoms with Gasteiger partial charge >= 0.3 is 0 Å². The fourth-order valence-electron chi connectivity index (χ4n) is 2.16. The van der Waals surface area contributed by atoms with E-state index < -0.39 is 0 Å². The Bertz CT molecular complexity index is 469. The van der Waals surface area contributed by atoms with Gasteiger partial charge in [-0.3, -0.25) is 0 Å². The fourth-order valence-corrected chi connectivity index (χ4v) is 2.16. The molecule has 0 atom stereocenters. The van der Waals surface area contributed by atoms with Crippen LogP contribution in [0.25, 0.3) is 0 Å². The zero-order valence-electron chi connectivity index (χ0n) is 9.83. The molecule has 16 heavy (non-hydrogen) atoms. The van der Waals surface area contributed by atoms with Crippen molar-refractivity contribution in [2.45, 2.75) is 32.2 Å². The Balaban J connectivity index is 2.50. The second-order valence-electron chi connectivity index (χ2n) is 4.37. The predicted octanol–water partition coefficient (Wildman–Crippen LogP) is 2.64. The lowest BCUT2D eigenvalue weighted by atomic mass is 9.97. The number of hydrogen-bond donors (Lipinski definition) is 0. The average molecular weight is 217 g/mol. The first-order valence-corrected chi connectivity index (χ1v) is 5.38. The molecule has 0 amide bonds. The van der Waals surface area contributed by atoms with Crippen LogP contribution in [0.5, 0.6) is 5.75 Å². The van der Waals surface area contributed by atoms with E-state index in [0.29, 0.717) is 0 Å². The van der Waals surface area contributed by atoms with Gasteiger partial charge in [-0.1, -0.05) is 0 Å². The maximum Gasteiger partial charge on any atom is 0.235 e. The van der Waals surface area contributed by atoms with Gasteiger partial charge in [0, 0.05) is 0 Å². The van der Waals surface area contributed by atoms with E-state index in [1.807, 2.05) is 19.9 Å². The van der Waals surface area contributed by atoms with Crippen LogP contribution in [0.3, 0.4) is 0 Å². The summed E-state index contributed by atoms with van der Waals surface area (Å²) in [7, 11) is 1.66. The molecule has 1 aromatic carbocycles. The fraction of sp³-hybridized carbons (Fsp3) is 0.462. The molecule has 0 spiro atoms. The number of nitrogens with zero attached hydrogens (tertiary/aromatic N) is 1. The maximum atomic E-state index is 10.4. The third kappa shape index (κ3) is 1.63. The van der Waals surface area contributed by atoms with E-state index in [2.05, 4.69) is 11.1 Å². The predicted molar refractivity (Wildman–Crippen MR) is 61.5 cm³/mol. The second-order valence-corrected chi connectivity index (χ2v) is 4.37. The number of methoxy groups -OCH3 is 1. The van der Waals surface area contributed by atoms with Crippen LogP contribution in [0.15, 0.2) is 17.1 Å². The van der Waals surface area contributed by atoms with Gasteiger partial charge in [0.1, 0.15) is 5.75 Å². The van der Waals surface area contributed by atoms with Crippen LogP contribution < -0.4 is 4.74 Å². The molecule has 0 bridgehead atoms. The van der Waals surface area contributed by atoms with Crippen molar-refractivity contribution >= 4 is 6.08 Å². The summed E-state index contributed by atoms with van der Waals surface area (Å²) in [4.78, 5) is 14.4. The van der Waals surface area contributed by atoms with Crippen LogP contribution in [0.1, 0.15) is 29.5 Å². The van der Waals surface area contributed by atoms with Crippen LogP contribution in [0, 0.1) is 13.8 Å². The van der Waals surface area contributed by atoms with Gasteiger partial charge in [-0.15, -0.1) is 0 Å². The number of aliphatic imine (C=N–C) groups is 1. The molecule has 0 radical (unpaired) electrons. The molecule has 0 aliphatic heterocycles. The first-order chi connectivity index (χ1) is 7.63. The van der Waals surface area contributed by atoms with E-state index in [1.54, 1.807) is 13.2 Å². The van der Waals surface area contributed by atoms with Gasteiger partial charge in [-0.05, 0) is 55.5 Å². The van der Waals surface area contributed by atoms with E-state index in [9.17, 15) is 4.79 Å². The quantitative estimate of drug-likeness (QED) is 0.576. The SMILES string of the molecule is COc1cc(C)c(C2(N=C=O)CC2)cc1C. The molecule has 1 aromatic rings. The Morgan fingerprint density at radius 1 is 1.31 bits per heavy atom. The highest BCUT2D eigenvalue weighted by Gasteiger charge is 2.45. The lowest BCUT2D eigenvalue weighted by Crippen LogP contribution is -2.06. The molecule has 1 fully saturated rings. The standard InChI is InChI=1S/C13H15NO2/c1-9-7-12(16-3)10(2)6-11(9)13(4-5-13)14-8-15/h6-7H,4-5H2,1-3H3. The van der Waals surface area contributed by atoms with Crippen LogP contribution >= 0.6 is 0 Å². The molecule has 3 nitrogen and oxygen atoms in total. The number of rotatable bonds is 3. The number of ether oxygens (including phenoxy) is 1. The highest BCUT2D eigenvalue weighted by atomic mass is 16.5. The summed E-state index contributed by atoms with van der Waals surface area (Å²) >= 11 is 0. The number of aryl methyl sites for hydroxylation is 2. The monoisotopic (exact) mass is 217 g/mol. The molecule has 0 N–H and O–H groups in total. The number of isocyanates is 1. The summed E-state index contributed by atoms with van der Waals surface area (Å²) in [6.07, 6.45) is 3.57. The van der Waals surface area contributed by atoms with Gasteiger partial charge in [-0.2, -0.15) is 4.99 Å².